The van der Waals surface area contributed by atoms with E-state index in [1.807, 2.05) is 0 Å². The van der Waals surface area contributed by atoms with E-state index in [0.29, 0.717) is 15.8 Å². The molecule has 2 aromatic heterocycles. The second-order valence-corrected chi connectivity index (χ2v) is 2.97. The van der Waals surface area contributed by atoms with Crippen molar-refractivity contribution < 1.29 is 0 Å². The average molecular weight is 217 g/mol. The molecule has 0 atom stereocenters. The molecule has 0 amide bonds. The lowest BCUT2D eigenvalue weighted by Crippen LogP contribution is -2.02. The van der Waals surface area contributed by atoms with E-state index < -0.39 is 0 Å². The zero-order chi connectivity index (χ0) is 8.01. The Morgan fingerprint density at radius 1 is 1.55 bits per heavy atom. The molecule has 0 aliphatic rings. The largest absolute Gasteiger partial charge is 0.325 e. The second kappa shape index (κ2) is 1.97. The van der Waals surface area contributed by atoms with Crippen LogP contribution in [0.25, 0.3) is 11.2 Å². The molecule has 11 heavy (non-hydrogen) atoms. The van der Waals surface area contributed by atoms with Crippen LogP contribution in [-0.2, 0) is 7.05 Å². The SMILES string of the molecule is Cn1nc(Br)c2[nH]c(=O)[nH]c21. The molecule has 2 rings (SSSR count). The predicted molar refractivity (Wildman–Crippen MR) is 43.4 cm³/mol. The molecule has 58 valence electrons. The van der Waals surface area contributed by atoms with Crippen LogP contribution in [0, 0.1) is 0 Å². The van der Waals surface area contributed by atoms with Crippen LogP contribution in [0.4, 0.5) is 0 Å². The van der Waals surface area contributed by atoms with Crippen LogP contribution in [0.3, 0.4) is 0 Å². The molecule has 2 N–H and O–H groups in total. The quantitative estimate of drug-likeness (QED) is 0.668. The van der Waals surface area contributed by atoms with Crippen LogP contribution in [0.2, 0.25) is 0 Å². The number of rotatable bonds is 0. The summed E-state index contributed by atoms with van der Waals surface area (Å²) in [6.07, 6.45) is 0. The molecule has 0 radical (unpaired) electrons. The Bertz CT molecular complexity index is 413. The zero-order valence-corrected chi connectivity index (χ0v) is 7.27. The number of hydrogen-bond acceptors (Lipinski definition) is 2. The number of nitrogens with one attached hydrogen (secondary N) is 2. The van der Waals surface area contributed by atoms with Gasteiger partial charge in [-0.15, -0.1) is 0 Å². The van der Waals surface area contributed by atoms with Gasteiger partial charge in [0.1, 0.15) is 5.52 Å². The van der Waals surface area contributed by atoms with Crippen LogP contribution in [0.5, 0.6) is 0 Å². The van der Waals surface area contributed by atoms with Gasteiger partial charge in [-0.1, -0.05) is 0 Å². The van der Waals surface area contributed by atoms with E-state index in [2.05, 4.69) is 31.0 Å². The lowest BCUT2D eigenvalue weighted by molar-refractivity contribution is 0.776. The highest BCUT2D eigenvalue weighted by Crippen LogP contribution is 2.16. The normalized spacial score (nSPS) is 11.1. The monoisotopic (exact) mass is 216 g/mol. The number of aromatic amines is 2. The van der Waals surface area contributed by atoms with Gasteiger partial charge < -0.3 is 4.98 Å². The van der Waals surface area contributed by atoms with Crippen molar-refractivity contribution in [3.8, 4) is 0 Å². The smallest absolute Gasteiger partial charge is 0.302 e. The molecule has 0 unspecified atom stereocenters. The van der Waals surface area contributed by atoms with Crippen LogP contribution >= 0.6 is 15.9 Å². The molecule has 0 bridgehead atoms. The molecule has 5 nitrogen and oxygen atoms in total. The van der Waals surface area contributed by atoms with E-state index in [9.17, 15) is 4.79 Å². The van der Waals surface area contributed by atoms with Gasteiger partial charge in [0.15, 0.2) is 10.3 Å². The number of aryl methyl sites for hydroxylation is 1. The summed E-state index contributed by atoms with van der Waals surface area (Å²) in [7, 11) is 1.76. The van der Waals surface area contributed by atoms with Crippen LogP contribution in [0.15, 0.2) is 9.40 Å². The van der Waals surface area contributed by atoms with E-state index in [4.69, 9.17) is 0 Å². The van der Waals surface area contributed by atoms with Crippen LogP contribution < -0.4 is 5.69 Å². The first-order valence-electron chi connectivity index (χ1n) is 2.99. The number of nitrogens with zero attached hydrogens (tertiary/aromatic N) is 2. The highest BCUT2D eigenvalue weighted by molar-refractivity contribution is 9.10. The van der Waals surface area contributed by atoms with Gasteiger partial charge in [0.25, 0.3) is 0 Å². The Labute approximate surface area is 69.5 Å². The lowest BCUT2D eigenvalue weighted by Gasteiger charge is -1.83. The molecular formula is C5H5BrN4O. The summed E-state index contributed by atoms with van der Waals surface area (Å²) in [5.74, 6) is 0. The topological polar surface area (TPSA) is 66.5 Å². The summed E-state index contributed by atoms with van der Waals surface area (Å²) < 4.78 is 2.24. The first kappa shape index (κ1) is 6.66. The minimum atomic E-state index is -0.214. The molecule has 2 heterocycles. The molecule has 0 fully saturated rings. The van der Waals surface area contributed by atoms with Gasteiger partial charge in [0, 0.05) is 7.05 Å². The average Bonchev–Trinajstić information content (AvgIpc) is 2.38. The number of H-pyrrole nitrogens is 2. The number of hydrogen-bond donors (Lipinski definition) is 2. The second-order valence-electron chi connectivity index (χ2n) is 2.22. The molecule has 6 heteroatoms. The fourth-order valence-corrected chi connectivity index (χ4v) is 1.52. The van der Waals surface area contributed by atoms with Gasteiger partial charge in [-0.05, 0) is 15.9 Å². The van der Waals surface area contributed by atoms with Gasteiger partial charge in [-0.3, -0.25) is 4.98 Å². The molecule has 0 saturated heterocycles. The van der Waals surface area contributed by atoms with Crippen molar-refractivity contribution in [3.05, 3.63) is 15.1 Å². The molecule has 0 spiro atoms. The fourth-order valence-electron chi connectivity index (χ4n) is 0.998. The van der Waals surface area contributed by atoms with Crippen LogP contribution in [-0.4, -0.2) is 19.7 Å². The van der Waals surface area contributed by atoms with Gasteiger partial charge in [0.2, 0.25) is 0 Å². The van der Waals surface area contributed by atoms with Crippen molar-refractivity contribution in [1.29, 1.82) is 0 Å². The van der Waals surface area contributed by atoms with Crippen molar-refractivity contribution >= 4 is 27.1 Å². The van der Waals surface area contributed by atoms with Crippen molar-refractivity contribution in [3.63, 3.8) is 0 Å². The molecule has 0 aliphatic heterocycles. The maximum Gasteiger partial charge on any atom is 0.325 e. The van der Waals surface area contributed by atoms with E-state index in [0.717, 1.165) is 0 Å². The highest BCUT2D eigenvalue weighted by atomic mass is 79.9. The first-order chi connectivity index (χ1) is 5.18. The highest BCUT2D eigenvalue weighted by Gasteiger charge is 2.07. The Morgan fingerprint density at radius 3 is 2.91 bits per heavy atom. The third-order valence-corrected chi connectivity index (χ3v) is 2.03. The Balaban J connectivity index is 3.03. The summed E-state index contributed by atoms with van der Waals surface area (Å²) >= 11 is 3.21. The molecular weight excluding hydrogens is 212 g/mol. The van der Waals surface area contributed by atoms with Crippen molar-refractivity contribution in [1.82, 2.24) is 19.7 Å². The summed E-state index contributed by atoms with van der Waals surface area (Å²) in [6.45, 7) is 0. The van der Waals surface area contributed by atoms with Gasteiger partial charge in [-0.25, -0.2) is 9.48 Å². The Kier molecular flexibility index (Phi) is 1.19. The Hall–Kier alpha value is -1.04. The Morgan fingerprint density at radius 2 is 2.27 bits per heavy atom. The van der Waals surface area contributed by atoms with Crippen molar-refractivity contribution in [2.75, 3.05) is 0 Å². The zero-order valence-electron chi connectivity index (χ0n) is 5.68. The molecule has 0 aromatic carbocycles. The molecule has 0 saturated carbocycles. The van der Waals surface area contributed by atoms with E-state index >= 15 is 0 Å². The third-order valence-electron chi connectivity index (χ3n) is 1.47. The summed E-state index contributed by atoms with van der Waals surface area (Å²) in [5.41, 5.74) is 1.19. The summed E-state index contributed by atoms with van der Waals surface area (Å²) in [5, 5.41) is 4.02. The fraction of sp³-hybridized carbons (Fsp3) is 0.200. The third kappa shape index (κ3) is 0.823. The van der Waals surface area contributed by atoms with E-state index in [1.54, 1.807) is 11.7 Å². The minimum Gasteiger partial charge on any atom is -0.302 e. The summed E-state index contributed by atoms with van der Waals surface area (Å²) in [6, 6.07) is 0. The van der Waals surface area contributed by atoms with Crippen molar-refractivity contribution in [2.24, 2.45) is 7.05 Å². The number of aromatic nitrogens is 4. The lowest BCUT2D eigenvalue weighted by atomic mass is 10.6. The maximum absolute atomic E-state index is 10.8. The molecule has 0 aliphatic carbocycles. The first-order valence-corrected chi connectivity index (χ1v) is 3.78. The number of fused-ring (bicyclic) bond motifs is 1. The van der Waals surface area contributed by atoms with Crippen LogP contribution in [0.1, 0.15) is 0 Å². The predicted octanol–water partition coefficient (Wildman–Crippen LogP) is 0.352. The number of halogens is 1. The van der Waals surface area contributed by atoms with Gasteiger partial charge >= 0.3 is 5.69 Å². The summed E-state index contributed by atoms with van der Waals surface area (Å²) in [4.78, 5) is 16.0. The van der Waals surface area contributed by atoms with Crippen molar-refractivity contribution in [2.45, 2.75) is 0 Å². The van der Waals surface area contributed by atoms with E-state index in [1.165, 1.54) is 0 Å². The standard InChI is InChI=1S/C5H5BrN4O/c1-10-4-2(3(6)9-10)7-5(11)8-4/h1H3,(H2,7,8,11). The van der Waals surface area contributed by atoms with Gasteiger partial charge in [0.05, 0.1) is 0 Å². The van der Waals surface area contributed by atoms with E-state index in [-0.39, 0.29) is 5.69 Å². The number of imidazole rings is 1. The maximum atomic E-state index is 10.8. The minimum absolute atomic E-state index is 0.214. The van der Waals surface area contributed by atoms with Gasteiger partial charge in [-0.2, -0.15) is 5.10 Å². The molecule has 2 aromatic rings.